The lowest BCUT2D eigenvalue weighted by Crippen LogP contribution is -2.06. The Kier molecular flexibility index (Phi) is 3.43. The normalized spacial score (nSPS) is 10.0. The highest BCUT2D eigenvalue weighted by Gasteiger charge is 2.13. The number of aromatic nitrogens is 1. The van der Waals surface area contributed by atoms with E-state index in [1.165, 1.54) is 12.1 Å². The minimum Gasteiger partial charge on any atom is -0.508 e. The number of carbonyl (C=O) groups is 1. The Morgan fingerprint density at radius 2 is 2.06 bits per heavy atom. The second kappa shape index (κ2) is 5.18. The van der Waals surface area contributed by atoms with E-state index in [1.54, 1.807) is 24.4 Å². The number of pyridine rings is 1. The third kappa shape index (κ3) is 2.76. The highest BCUT2D eigenvalue weighted by molar-refractivity contribution is 5.92. The van der Waals surface area contributed by atoms with Gasteiger partial charge in [0, 0.05) is 12.3 Å². The van der Waals surface area contributed by atoms with Gasteiger partial charge in [-0.15, -0.1) is 0 Å². The summed E-state index contributed by atoms with van der Waals surface area (Å²) in [7, 11) is 0. The lowest BCUT2D eigenvalue weighted by atomic mass is 10.2. The summed E-state index contributed by atoms with van der Waals surface area (Å²) in [6.07, 6.45) is 1.60. The van der Waals surface area contributed by atoms with Gasteiger partial charge in [-0.1, -0.05) is 6.07 Å². The van der Waals surface area contributed by atoms with Crippen molar-refractivity contribution < 1.29 is 19.7 Å². The molecule has 0 spiro atoms. The van der Waals surface area contributed by atoms with Crippen LogP contribution in [0.4, 0.5) is 0 Å². The van der Waals surface area contributed by atoms with Crippen LogP contribution in [0.2, 0.25) is 0 Å². The van der Waals surface area contributed by atoms with Crippen molar-refractivity contribution in [2.24, 2.45) is 0 Å². The van der Waals surface area contributed by atoms with Crippen LogP contribution in [0.5, 0.6) is 11.5 Å². The number of rotatable bonds is 3. The van der Waals surface area contributed by atoms with Crippen LogP contribution >= 0.6 is 0 Å². The zero-order valence-electron chi connectivity index (χ0n) is 9.41. The summed E-state index contributed by atoms with van der Waals surface area (Å²) in [5.41, 5.74) is 0.618. The fourth-order valence-corrected chi connectivity index (χ4v) is 1.39. The molecular weight excluding hydrogens is 234 g/mol. The topological polar surface area (TPSA) is 79.7 Å². The zero-order valence-corrected chi connectivity index (χ0v) is 9.41. The Balaban J connectivity index is 2.04. The molecule has 5 nitrogen and oxygen atoms in total. The molecular formula is C13H11NO4. The number of esters is 1. The van der Waals surface area contributed by atoms with Gasteiger partial charge < -0.3 is 14.9 Å². The van der Waals surface area contributed by atoms with E-state index in [1.807, 2.05) is 0 Å². The minimum atomic E-state index is -0.668. The van der Waals surface area contributed by atoms with Gasteiger partial charge in [0.1, 0.15) is 23.7 Å². The monoisotopic (exact) mass is 245 g/mol. The van der Waals surface area contributed by atoms with Crippen molar-refractivity contribution >= 4 is 5.97 Å². The Morgan fingerprint density at radius 1 is 1.22 bits per heavy atom. The van der Waals surface area contributed by atoms with Gasteiger partial charge in [0.05, 0.1) is 5.69 Å². The molecule has 2 N–H and O–H groups in total. The van der Waals surface area contributed by atoms with Gasteiger partial charge in [0.25, 0.3) is 0 Å². The molecule has 0 saturated carbocycles. The van der Waals surface area contributed by atoms with Gasteiger partial charge >= 0.3 is 5.97 Å². The predicted molar refractivity (Wildman–Crippen MR) is 63.1 cm³/mol. The van der Waals surface area contributed by atoms with Crippen LogP contribution in [0, 0.1) is 0 Å². The highest BCUT2D eigenvalue weighted by Crippen LogP contribution is 2.23. The lowest BCUT2D eigenvalue weighted by Gasteiger charge is -2.06. The molecule has 1 heterocycles. The molecule has 0 unspecified atom stereocenters. The van der Waals surface area contributed by atoms with Gasteiger partial charge in [-0.05, 0) is 24.3 Å². The van der Waals surface area contributed by atoms with Crippen LogP contribution in [0.25, 0.3) is 0 Å². The SMILES string of the molecule is O=C(OCc1ccccn1)c1ccc(O)cc1O. The summed E-state index contributed by atoms with van der Waals surface area (Å²) in [5, 5.41) is 18.6. The van der Waals surface area contributed by atoms with E-state index in [9.17, 15) is 9.90 Å². The molecule has 0 radical (unpaired) electrons. The summed E-state index contributed by atoms with van der Waals surface area (Å²) >= 11 is 0. The van der Waals surface area contributed by atoms with E-state index in [0.29, 0.717) is 5.69 Å². The smallest absolute Gasteiger partial charge is 0.342 e. The van der Waals surface area contributed by atoms with Gasteiger partial charge in [0.2, 0.25) is 0 Å². The Hall–Kier alpha value is -2.56. The number of carbonyl (C=O) groups excluding carboxylic acids is 1. The summed E-state index contributed by atoms with van der Waals surface area (Å²) in [6, 6.07) is 8.95. The number of hydrogen-bond acceptors (Lipinski definition) is 5. The minimum absolute atomic E-state index is 0.00345. The van der Waals surface area contributed by atoms with Crippen molar-refractivity contribution in [2.45, 2.75) is 6.61 Å². The molecule has 0 bridgehead atoms. The largest absolute Gasteiger partial charge is 0.508 e. The molecule has 92 valence electrons. The maximum atomic E-state index is 11.7. The number of nitrogens with zero attached hydrogens (tertiary/aromatic N) is 1. The Bertz CT molecular complexity index is 554. The summed E-state index contributed by atoms with van der Waals surface area (Å²) in [4.78, 5) is 15.7. The number of hydrogen-bond donors (Lipinski definition) is 2. The van der Waals surface area contributed by atoms with Crippen LogP contribution in [-0.4, -0.2) is 21.2 Å². The van der Waals surface area contributed by atoms with Crippen molar-refractivity contribution in [3.8, 4) is 11.5 Å². The van der Waals surface area contributed by atoms with E-state index in [2.05, 4.69) is 4.98 Å². The predicted octanol–water partition coefficient (Wildman–Crippen LogP) is 1.85. The molecule has 0 saturated heterocycles. The van der Waals surface area contributed by atoms with Crippen molar-refractivity contribution in [1.29, 1.82) is 0 Å². The molecule has 1 aromatic carbocycles. The van der Waals surface area contributed by atoms with Crippen LogP contribution in [0.3, 0.4) is 0 Å². The molecule has 18 heavy (non-hydrogen) atoms. The quantitative estimate of drug-likeness (QED) is 0.807. The molecule has 5 heteroatoms. The summed E-state index contributed by atoms with van der Waals surface area (Å²) in [5.74, 6) is -1.10. The van der Waals surface area contributed by atoms with Crippen molar-refractivity contribution in [2.75, 3.05) is 0 Å². The fraction of sp³-hybridized carbons (Fsp3) is 0.0769. The van der Waals surface area contributed by atoms with Crippen molar-refractivity contribution in [3.63, 3.8) is 0 Å². The van der Waals surface area contributed by atoms with E-state index >= 15 is 0 Å². The first kappa shape index (κ1) is 11.9. The van der Waals surface area contributed by atoms with Crippen molar-refractivity contribution in [3.05, 3.63) is 53.9 Å². The van der Waals surface area contributed by atoms with Gasteiger partial charge in [-0.25, -0.2) is 4.79 Å². The Labute approximate surface area is 103 Å². The lowest BCUT2D eigenvalue weighted by molar-refractivity contribution is 0.0464. The fourth-order valence-electron chi connectivity index (χ4n) is 1.39. The first-order valence-corrected chi connectivity index (χ1v) is 5.26. The first-order chi connectivity index (χ1) is 8.66. The number of benzene rings is 1. The van der Waals surface area contributed by atoms with E-state index < -0.39 is 5.97 Å². The molecule has 0 amide bonds. The average molecular weight is 245 g/mol. The standard InChI is InChI=1S/C13H11NO4/c15-10-4-5-11(12(16)7-10)13(17)18-8-9-3-1-2-6-14-9/h1-7,15-16H,8H2. The van der Waals surface area contributed by atoms with E-state index in [0.717, 1.165) is 6.07 Å². The molecule has 0 aliphatic rings. The third-order valence-corrected chi connectivity index (χ3v) is 2.28. The molecule has 0 aliphatic carbocycles. The Morgan fingerprint density at radius 3 is 2.72 bits per heavy atom. The molecule has 2 rings (SSSR count). The van der Waals surface area contributed by atoms with Crippen LogP contribution in [0.15, 0.2) is 42.6 Å². The third-order valence-electron chi connectivity index (χ3n) is 2.28. The van der Waals surface area contributed by atoms with Crippen molar-refractivity contribution in [1.82, 2.24) is 4.98 Å². The molecule has 0 atom stereocenters. The second-order valence-corrected chi connectivity index (χ2v) is 3.60. The molecule has 0 fully saturated rings. The average Bonchev–Trinajstić information content (AvgIpc) is 2.37. The molecule has 0 aliphatic heterocycles. The number of ether oxygens (including phenoxy) is 1. The maximum Gasteiger partial charge on any atom is 0.342 e. The van der Waals surface area contributed by atoms with Gasteiger partial charge in [-0.2, -0.15) is 0 Å². The first-order valence-electron chi connectivity index (χ1n) is 5.26. The maximum absolute atomic E-state index is 11.7. The summed E-state index contributed by atoms with van der Waals surface area (Å²) < 4.78 is 4.99. The highest BCUT2D eigenvalue weighted by atomic mass is 16.5. The second-order valence-electron chi connectivity index (χ2n) is 3.60. The van der Waals surface area contributed by atoms with E-state index in [4.69, 9.17) is 9.84 Å². The van der Waals surface area contributed by atoms with Crippen LogP contribution < -0.4 is 0 Å². The number of phenolic OH excluding ortho intramolecular Hbond substituents is 2. The summed E-state index contributed by atoms with van der Waals surface area (Å²) in [6.45, 7) is 0.0278. The zero-order chi connectivity index (χ0) is 13.0. The molecule has 2 aromatic rings. The number of phenols is 2. The van der Waals surface area contributed by atoms with Crippen LogP contribution in [0.1, 0.15) is 16.1 Å². The van der Waals surface area contributed by atoms with Crippen LogP contribution in [-0.2, 0) is 11.3 Å². The number of aromatic hydroxyl groups is 2. The van der Waals surface area contributed by atoms with Gasteiger partial charge in [-0.3, -0.25) is 4.98 Å². The van der Waals surface area contributed by atoms with E-state index in [-0.39, 0.29) is 23.7 Å². The van der Waals surface area contributed by atoms with Gasteiger partial charge in [0.15, 0.2) is 0 Å². The molecule has 1 aromatic heterocycles.